The molecular weight excluding hydrogens is 428 g/mol. The number of carbonyl (C=O) groups is 2. The van der Waals surface area contributed by atoms with E-state index in [0.717, 1.165) is 12.8 Å². The van der Waals surface area contributed by atoms with E-state index in [9.17, 15) is 24.5 Å². The fraction of sp³-hybridized carbons (Fsp3) is 0.389. The fourth-order valence-corrected chi connectivity index (χ4v) is 3.88. The number of aromatic amines is 1. The molecule has 2 amide bonds. The first-order valence-electron chi connectivity index (χ1n) is 9.50. The number of nitro groups is 1. The topological polar surface area (TPSA) is 146 Å². The van der Waals surface area contributed by atoms with E-state index in [1.165, 1.54) is 33.8 Å². The Morgan fingerprint density at radius 2 is 2.03 bits per heavy atom. The van der Waals surface area contributed by atoms with Gasteiger partial charge < -0.3 is 10.2 Å². The Kier molecular flexibility index (Phi) is 5.27. The normalized spacial score (nSPS) is 18.5. The molecular formula is C18H19N6O6S+. The first-order valence-corrected chi connectivity index (χ1v) is 9.91. The number of nitrogens with zero attached hydrogens (tertiary/aromatic N) is 4. The Hall–Kier alpha value is -3.61. The second kappa shape index (κ2) is 7.91. The molecule has 1 aliphatic heterocycles. The largest absolute Gasteiger partial charge is 0.431 e. The smallest absolute Gasteiger partial charge is 0.326 e. The van der Waals surface area contributed by atoms with E-state index < -0.39 is 22.5 Å². The third kappa shape index (κ3) is 4.03. The van der Waals surface area contributed by atoms with E-state index in [4.69, 9.17) is 16.7 Å². The predicted molar refractivity (Wildman–Crippen MR) is 109 cm³/mol. The van der Waals surface area contributed by atoms with Crippen molar-refractivity contribution >= 4 is 40.5 Å². The molecule has 1 unspecified atom stereocenters. The van der Waals surface area contributed by atoms with Crippen molar-refractivity contribution in [1.82, 2.24) is 15.1 Å². The van der Waals surface area contributed by atoms with E-state index in [0.29, 0.717) is 5.69 Å². The lowest BCUT2D eigenvalue weighted by atomic mass is 10.1. The Morgan fingerprint density at radius 3 is 2.58 bits per heavy atom. The molecule has 0 bridgehead atoms. The van der Waals surface area contributed by atoms with Crippen molar-refractivity contribution in [2.24, 2.45) is 7.05 Å². The number of nitro benzene ring substituents is 1. The van der Waals surface area contributed by atoms with E-state index >= 15 is 0 Å². The minimum absolute atomic E-state index is 0.00556. The van der Waals surface area contributed by atoms with E-state index in [1.54, 1.807) is 11.9 Å². The van der Waals surface area contributed by atoms with Gasteiger partial charge in [-0.2, -0.15) is 0 Å². The van der Waals surface area contributed by atoms with Crippen LogP contribution in [0.5, 0.6) is 0 Å². The molecule has 2 aliphatic rings. The van der Waals surface area contributed by atoms with E-state index in [2.05, 4.69) is 10.6 Å². The van der Waals surface area contributed by atoms with Crippen LogP contribution >= 0.6 is 12.2 Å². The Balaban J connectivity index is 1.52. The van der Waals surface area contributed by atoms with Crippen LogP contribution in [0.1, 0.15) is 25.0 Å². The van der Waals surface area contributed by atoms with Crippen LogP contribution in [0, 0.1) is 10.1 Å². The highest BCUT2D eigenvalue weighted by Crippen LogP contribution is 2.34. The van der Waals surface area contributed by atoms with Crippen LogP contribution in [0.4, 0.5) is 11.4 Å². The van der Waals surface area contributed by atoms with Crippen molar-refractivity contribution in [2.45, 2.75) is 37.9 Å². The van der Waals surface area contributed by atoms with Crippen LogP contribution in [-0.2, 0) is 23.2 Å². The Morgan fingerprint density at radius 1 is 1.35 bits per heavy atom. The molecule has 2 aromatic rings. The van der Waals surface area contributed by atoms with E-state index in [1.807, 2.05) is 0 Å². The summed E-state index contributed by atoms with van der Waals surface area (Å²) < 4.78 is 6.15. The third-order valence-electron chi connectivity index (χ3n) is 5.24. The highest BCUT2D eigenvalue weighted by Gasteiger charge is 2.50. The van der Waals surface area contributed by atoms with Gasteiger partial charge in [-0.15, -0.1) is 0 Å². The SMILES string of the molecule is C[n+]1[nH]oc(=O)c1CN1C(=S)N(C2CC2)C(=O)C1CC(=O)Nc1ccc([N+](=O)[O-])cc1. The zero-order chi connectivity index (χ0) is 22.3. The maximum atomic E-state index is 13.0. The van der Waals surface area contributed by atoms with Crippen molar-refractivity contribution in [2.75, 3.05) is 5.32 Å². The van der Waals surface area contributed by atoms with Gasteiger partial charge in [-0.1, -0.05) is 4.68 Å². The summed E-state index contributed by atoms with van der Waals surface area (Å²) in [5, 5.41) is 16.1. The summed E-state index contributed by atoms with van der Waals surface area (Å²) in [6.07, 6.45) is 1.47. The zero-order valence-electron chi connectivity index (χ0n) is 16.4. The van der Waals surface area contributed by atoms with Crippen molar-refractivity contribution in [1.29, 1.82) is 0 Å². The molecule has 31 heavy (non-hydrogen) atoms. The maximum Gasteiger partial charge on any atom is 0.431 e. The summed E-state index contributed by atoms with van der Waals surface area (Å²) in [6.45, 7) is 0.00556. The summed E-state index contributed by atoms with van der Waals surface area (Å²) in [5.74, 6) is -0.739. The van der Waals surface area contributed by atoms with Gasteiger partial charge >= 0.3 is 11.3 Å². The molecule has 12 nitrogen and oxygen atoms in total. The minimum atomic E-state index is -0.875. The van der Waals surface area contributed by atoms with E-state index in [-0.39, 0.29) is 41.4 Å². The number of rotatable bonds is 7. The lowest BCUT2D eigenvalue weighted by Gasteiger charge is -2.21. The molecule has 0 radical (unpaired) electrons. The monoisotopic (exact) mass is 447 g/mol. The number of aryl methyl sites for hydroxylation is 1. The molecule has 2 fully saturated rings. The lowest BCUT2D eigenvalue weighted by molar-refractivity contribution is -0.746. The quantitative estimate of drug-likeness (QED) is 0.265. The molecule has 162 valence electrons. The Labute approximate surface area is 180 Å². The molecule has 1 aromatic carbocycles. The Bertz CT molecular complexity index is 1120. The number of hydrogen-bond acceptors (Lipinski definition) is 7. The van der Waals surface area contributed by atoms with Crippen molar-refractivity contribution < 1.29 is 23.7 Å². The summed E-state index contributed by atoms with van der Waals surface area (Å²) in [4.78, 5) is 51.0. The van der Waals surface area contributed by atoms with Gasteiger partial charge in [-0.25, -0.2) is 4.79 Å². The predicted octanol–water partition coefficient (Wildman–Crippen LogP) is 0.190. The van der Waals surface area contributed by atoms with Crippen molar-refractivity contribution in [3.8, 4) is 0 Å². The molecule has 1 atom stereocenters. The van der Waals surface area contributed by atoms with Crippen molar-refractivity contribution in [3.05, 3.63) is 50.5 Å². The number of carbonyl (C=O) groups excluding carboxylic acids is 2. The van der Waals surface area contributed by atoms with Gasteiger partial charge in [0.05, 0.1) is 11.3 Å². The van der Waals surface area contributed by atoms with Gasteiger partial charge in [0.2, 0.25) is 5.91 Å². The average Bonchev–Trinajstić information content (AvgIpc) is 3.47. The van der Waals surface area contributed by atoms with Gasteiger partial charge in [0.1, 0.15) is 12.6 Å². The van der Waals surface area contributed by atoms with Crippen LogP contribution in [0.2, 0.25) is 0 Å². The number of H-pyrrole nitrogens is 1. The number of hydrogen-bond donors (Lipinski definition) is 2. The van der Waals surface area contributed by atoms with Crippen molar-refractivity contribution in [3.63, 3.8) is 0 Å². The highest BCUT2D eigenvalue weighted by atomic mass is 32.1. The molecule has 2 N–H and O–H groups in total. The number of thiocarbonyl (C=S) groups is 1. The van der Waals surface area contributed by atoms with Gasteiger partial charge in [0, 0.05) is 23.9 Å². The lowest BCUT2D eigenvalue weighted by Crippen LogP contribution is -2.44. The molecule has 1 saturated heterocycles. The number of non-ortho nitro benzene ring substituents is 1. The number of anilines is 1. The van der Waals surface area contributed by atoms with Crippen LogP contribution in [0.25, 0.3) is 0 Å². The van der Waals surface area contributed by atoms with Crippen LogP contribution < -0.4 is 15.6 Å². The first kappa shape index (κ1) is 20.7. The van der Waals surface area contributed by atoms with Crippen LogP contribution in [-0.4, -0.2) is 49.0 Å². The number of amides is 2. The maximum absolute atomic E-state index is 13.0. The van der Waals surface area contributed by atoms with Gasteiger partial charge in [-0.3, -0.25) is 29.1 Å². The van der Waals surface area contributed by atoms with Gasteiger partial charge in [0.25, 0.3) is 11.6 Å². The second-order valence-electron chi connectivity index (χ2n) is 7.41. The summed E-state index contributed by atoms with van der Waals surface area (Å²) in [7, 11) is 1.59. The molecule has 2 heterocycles. The standard InChI is InChI=1S/C18H18N6O6S/c1-21-14(17(27)30-20-21)9-22-13(16(26)23(18(22)31)11-6-7-11)8-15(25)19-10-2-4-12(5-3-10)24(28)29/h2-5,11,13H,6-9H2,1H3,(H-,19,20,25,27)/p+1. The number of benzene rings is 1. The highest BCUT2D eigenvalue weighted by molar-refractivity contribution is 7.80. The fourth-order valence-electron chi connectivity index (χ4n) is 3.45. The van der Waals surface area contributed by atoms with Crippen LogP contribution in [0.15, 0.2) is 33.6 Å². The second-order valence-corrected chi connectivity index (χ2v) is 7.77. The summed E-state index contributed by atoms with van der Waals surface area (Å²) in [6, 6.07) is 4.52. The molecule has 1 saturated carbocycles. The molecule has 4 rings (SSSR count). The molecule has 13 heteroatoms. The minimum Gasteiger partial charge on any atom is -0.326 e. The number of aromatic nitrogens is 2. The summed E-state index contributed by atoms with van der Waals surface area (Å²) in [5.41, 5.74) is -0.0593. The average molecular weight is 447 g/mol. The number of nitrogens with one attached hydrogen (secondary N) is 2. The first-order chi connectivity index (χ1) is 14.8. The zero-order valence-corrected chi connectivity index (χ0v) is 17.3. The van der Waals surface area contributed by atoms with Crippen LogP contribution in [0.3, 0.4) is 0 Å². The van der Waals surface area contributed by atoms with Gasteiger partial charge in [-0.05, 0) is 42.5 Å². The molecule has 0 spiro atoms. The molecule has 1 aliphatic carbocycles. The van der Waals surface area contributed by atoms with Gasteiger partial charge in [0.15, 0.2) is 12.2 Å². The third-order valence-corrected chi connectivity index (χ3v) is 5.67. The molecule has 1 aromatic heterocycles. The summed E-state index contributed by atoms with van der Waals surface area (Å²) >= 11 is 5.50.